The van der Waals surface area contributed by atoms with Crippen LogP contribution in [-0.2, 0) is 5.04 Å². The quantitative estimate of drug-likeness (QED) is 0.478. The van der Waals surface area contributed by atoms with Crippen LogP contribution in [0.1, 0.15) is 22.5 Å². The fourth-order valence-corrected chi connectivity index (χ4v) is 6.13. The van der Waals surface area contributed by atoms with Crippen LogP contribution in [0.2, 0.25) is 0 Å². The first-order chi connectivity index (χ1) is 14.4. The first-order valence-corrected chi connectivity index (χ1v) is 11.0. The second-order valence-electron chi connectivity index (χ2n) is 7.09. The van der Waals surface area contributed by atoms with Crippen molar-refractivity contribution in [2.75, 3.05) is 0 Å². The van der Waals surface area contributed by atoms with Crippen LogP contribution in [0, 0.1) is 0 Å². The molecule has 0 saturated heterocycles. The topological polar surface area (TPSA) is 25.8 Å². The van der Waals surface area contributed by atoms with Crippen LogP contribution in [-0.4, -0.2) is 24.8 Å². The Balaban J connectivity index is 1.88. The number of aromatic nitrogens is 2. The smallest absolute Gasteiger partial charge is 0.0837 e. The molecule has 0 saturated carbocycles. The Morgan fingerprint density at radius 2 is 1.07 bits per heavy atom. The molecule has 29 heavy (non-hydrogen) atoms. The van der Waals surface area contributed by atoms with E-state index in [0.29, 0.717) is 0 Å². The van der Waals surface area contributed by atoms with Crippen molar-refractivity contribution in [1.29, 1.82) is 0 Å². The lowest BCUT2D eigenvalue weighted by molar-refractivity contribution is 0.846. The summed E-state index contributed by atoms with van der Waals surface area (Å²) < 4.78 is 0. The van der Waals surface area contributed by atoms with Gasteiger partial charge in [-0.15, -0.1) is 0 Å². The lowest BCUT2D eigenvalue weighted by Crippen LogP contribution is -2.33. The number of hydrogen-bond acceptors (Lipinski definition) is 2. The summed E-state index contributed by atoms with van der Waals surface area (Å²) in [5.41, 5.74) is 9.63. The summed E-state index contributed by atoms with van der Waals surface area (Å²) in [4.78, 5) is 9.68. The third kappa shape index (κ3) is 3.00. The maximum atomic E-state index is 4.84. The Hall–Kier alpha value is -3.43. The van der Waals surface area contributed by atoms with Crippen LogP contribution < -0.4 is 0 Å². The standard InChI is InChI=1S/C26H20N2Si/c1-3-11-20(12-4-1)22-19-29-26(23-15-7-9-17-27-23,24-16-8-10-18-28-24)25(22)21-13-5-2-6-14-21/h1-19,29H. The molecule has 2 aromatic carbocycles. The first-order valence-electron chi connectivity index (χ1n) is 9.77. The molecular formula is C26H20N2Si. The molecule has 3 heteroatoms. The Morgan fingerprint density at radius 1 is 0.552 bits per heavy atom. The zero-order chi connectivity index (χ0) is 19.5. The SMILES string of the molecule is C1=[SiH]C(c2ccccn2)(c2ccccn2)C(c2ccccc2)=C1c1ccccc1. The van der Waals surface area contributed by atoms with Crippen molar-refractivity contribution in [3.8, 4) is 0 Å². The predicted octanol–water partition coefficient (Wildman–Crippen LogP) is 4.58. The van der Waals surface area contributed by atoms with Gasteiger partial charge in [0.1, 0.15) is 0 Å². The van der Waals surface area contributed by atoms with Gasteiger partial charge in [0.25, 0.3) is 0 Å². The highest BCUT2D eigenvalue weighted by Crippen LogP contribution is 2.47. The zero-order valence-electron chi connectivity index (χ0n) is 15.9. The summed E-state index contributed by atoms with van der Waals surface area (Å²) in [5, 5.41) is -0.338. The normalized spacial score (nSPS) is 14.9. The van der Waals surface area contributed by atoms with Crippen molar-refractivity contribution in [2.24, 2.45) is 0 Å². The van der Waals surface area contributed by atoms with Gasteiger partial charge in [-0.05, 0) is 46.5 Å². The number of rotatable bonds is 4. The summed E-state index contributed by atoms with van der Waals surface area (Å²) in [6.45, 7) is 0. The van der Waals surface area contributed by atoms with Gasteiger partial charge in [-0.25, -0.2) is 0 Å². The third-order valence-electron chi connectivity index (χ3n) is 5.45. The monoisotopic (exact) mass is 388 g/mol. The van der Waals surface area contributed by atoms with Gasteiger partial charge in [-0.3, -0.25) is 9.97 Å². The minimum Gasteiger partial charge on any atom is -0.260 e. The van der Waals surface area contributed by atoms with Crippen LogP contribution in [0.15, 0.2) is 109 Å². The lowest BCUT2D eigenvalue weighted by atomic mass is 9.81. The van der Waals surface area contributed by atoms with E-state index in [-0.39, 0.29) is 14.2 Å². The van der Waals surface area contributed by atoms with E-state index in [0.717, 1.165) is 11.4 Å². The summed E-state index contributed by atoms with van der Waals surface area (Å²) >= 11 is 0. The van der Waals surface area contributed by atoms with Crippen LogP contribution in [0.4, 0.5) is 0 Å². The molecule has 0 unspecified atom stereocenters. The minimum atomic E-state index is -0.338. The molecular weight excluding hydrogens is 368 g/mol. The van der Waals surface area contributed by atoms with Gasteiger partial charge in [-0.1, -0.05) is 78.5 Å². The fraction of sp³-hybridized carbons (Fsp3) is 0.0385. The molecule has 3 heterocycles. The van der Waals surface area contributed by atoms with Crippen molar-refractivity contribution in [1.82, 2.24) is 9.97 Å². The summed E-state index contributed by atoms with van der Waals surface area (Å²) in [6, 6.07) is 33.8. The van der Waals surface area contributed by atoms with Crippen molar-refractivity contribution in [3.63, 3.8) is 0 Å². The van der Waals surface area contributed by atoms with E-state index in [4.69, 9.17) is 9.97 Å². The summed E-state index contributed by atoms with van der Waals surface area (Å²) in [5.74, 6) is 0. The van der Waals surface area contributed by atoms with Crippen molar-refractivity contribution in [3.05, 3.63) is 132 Å². The number of allylic oxidation sites excluding steroid dienone is 2. The maximum absolute atomic E-state index is 4.84. The zero-order valence-corrected chi connectivity index (χ0v) is 17.1. The first kappa shape index (κ1) is 17.7. The lowest BCUT2D eigenvalue weighted by Gasteiger charge is -2.31. The molecule has 0 radical (unpaired) electrons. The molecule has 0 atom stereocenters. The molecule has 1 aliphatic rings. The molecule has 2 aromatic heterocycles. The van der Waals surface area contributed by atoms with E-state index in [9.17, 15) is 0 Å². The van der Waals surface area contributed by atoms with Crippen molar-refractivity contribution in [2.45, 2.75) is 5.04 Å². The van der Waals surface area contributed by atoms with E-state index in [1.165, 1.54) is 22.3 Å². The molecule has 0 fully saturated rings. The highest BCUT2D eigenvalue weighted by Gasteiger charge is 2.43. The highest BCUT2D eigenvalue weighted by molar-refractivity contribution is 6.68. The Bertz CT molecular complexity index is 1130. The van der Waals surface area contributed by atoms with Crippen molar-refractivity contribution >= 4 is 25.9 Å². The second kappa shape index (κ2) is 7.53. The van der Waals surface area contributed by atoms with Crippen LogP contribution in [0.5, 0.6) is 0 Å². The average molecular weight is 389 g/mol. The Morgan fingerprint density at radius 3 is 1.59 bits per heavy atom. The van der Waals surface area contributed by atoms with Crippen molar-refractivity contribution < 1.29 is 0 Å². The predicted molar refractivity (Wildman–Crippen MR) is 122 cm³/mol. The van der Waals surface area contributed by atoms with E-state index in [1.807, 2.05) is 24.5 Å². The number of hydrogen-bond donors (Lipinski definition) is 0. The average Bonchev–Trinajstić information content (AvgIpc) is 3.23. The van der Waals surface area contributed by atoms with Gasteiger partial charge in [0.05, 0.1) is 16.4 Å². The van der Waals surface area contributed by atoms with E-state index in [2.05, 4.69) is 90.6 Å². The van der Waals surface area contributed by atoms with Gasteiger partial charge in [0.2, 0.25) is 0 Å². The Labute approximate surface area is 173 Å². The van der Waals surface area contributed by atoms with Crippen LogP contribution in [0.3, 0.4) is 0 Å². The summed E-state index contributed by atoms with van der Waals surface area (Å²) in [7, 11) is -0.120. The van der Waals surface area contributed by atoms with Gasteiger partial charge < -0.3 is 0 Å². The molecule has 4 aromatic rings. The van der Waals surface area contributed by atoms with Gasteiger partial charge in [0.15, 0.2) is 0 Å². The van der Waals surface area contributed by atoms with Gasteiger partial charge >= 0.3 is 0 Å². The van der Waals surface area contributed by atoms with Gasteiger partial charge in [0, 0.05) is 21.5 Å². The molecule has 0 bridgehead atoms. The van der Waals surface area contributed by atoms with E-state index < -0.39 is 0 Å². The van der Waals surface area contributed by atoms with E-state index >= 15 is 0 Å². The minimum absolute atomic E-state index is 0.120. The fourth-order valence-electron chi connectivity index (χ4n) is 4.18. The third-order valence-corrected chi connectivity index (χ3v) is 7.33. The highest BCUT2D eigenvalue weighted by atomic mass is 28.2. The number of benzene rings is 2. The van der Waals surface area contributed by atoms with Gasteiger partial charge in [-0.2, -0.15) is 0 Å². The van der Waals surface area contributed by atoms with Crippen LogP contribution in [0.25, 0.3) is 11.1 Å². The molecule has 0 spiro atoms. The number of nitrogens with zero attached hydrogens (tertiary/aromatic N) is 2. The Kier molecular flexibility index (Phi) is 4.58. The number of pyridine rings is 2. The molecule has 0 aliphatic carbocycles. The maximum Gasteiger partial charge on any atom is 0.0837 e. The largest absolute Gasteiger partial charge is 0.260 e. The molecule has 0 amide bonds. The molecule has 138 valence electrons. The summed E-state index contributed by atoms with van der Waals surface area (Å²) in [6.07, 6.45) is 3.78. The molecule has 0 N–H and O–H groups in total. The van der Waals surface area contributed by atoms with Crippen LogP contribution >= 0.6 is 0 Å². The molecule has 1 aliphatic heterocycles. The van der Waals surface area contributed by atoms with E-state index in [1.54, 1.807) is 0 Å². The molecule has 2 nitrogen and oxygen atoms in total. The second-order valence-corrected chi connectivity index (χ2v) is 8.62. The molecule has 5 rings (SSSR count).